The van der Waals surface area contributed by atoms with Gasteiger partial charge in [0.2, 0.25) is 0 Å². The number of nitrogens with two attached hydrogens (primary N) is 2. The van der Waals surface area contributed by atoms with E-state index in [-0.39, 0.29) is 6.04 Å². The van der Waals surface area contributed by atoms with Crippen LogP contribution in [0.25, 0.3) is 0 Å². The summed E-state index contributed by atoms with van der Waals surface area (Å²) in [4.78, 5) is 11.1. The molecule has 0 aliphatic carbocycles. The molecule has 0 saturated heterocycles. The Morgan fingerprint density at radius 3 is 2.58 bits per heavy atom. The Bertz CT molecular complexity index is 562. The van der Waals surface area contributed by atoms with Crippen molar-refractivity contribution in [2.75, 3.05) is 13.7 Å². The van der Waals surface area contributed by atoms with Gasteiger partial charge in [-0.1, -0.05) is 12.1 Å². The highest BCUT2D eigenvalue weighted by atomic mass is 16.5. The van der Waals surface area contributed by atoms with Gasteiger partial charge >= 0.3 is 0 Å². The lowest BCUT2D eigenvalue weighted by Crippen LogP contribution is -2.21. The van der Waals surface area contributed by atoms with E-state index in [4.69, 9.17) is 16.2 Å². The maximum atomic E-state index is 11.1. The number of primary amides is 1. The minimum atomic E-state index is -0.503. The molecule has 0 fully saturated rings. The fourth-order valence-corrected chi connectivity index (χ4v) is 1.86. The van der Waals surface area contributed by atoms with Crippen LogP contribution in [0, 0.1) is 0 Å². The molecule has 1 aromatic heterocycles. The van der Waals surface area contributed by atoms with Crippen molar-refractivity contribution in [3.63, 3.8) is 0 Å². The molecule has 4 N–H and O–H groups in total. The molecule has 1 amide bonds. The molecule has 0 saturated carbocycles. The highest BCUT2D eigenvalue weighted by Gasteiger charge is 2.14. The fourth-order valence-electron chi connectivity index (χ4n) is 1.86. The van der Waals surface area contributed by atoms with E-state index in [0.717, 1.165) is 11.3 Å². The lowest BCUT2D eigenvalue weighted by Gasteiger charge is -2.16. The predicted octanol–water partition coefficient (Wildman–Crippen LogP) is 0.539. The summed E-state index contributed by atoms with van der Waals surface area (Å²) < 4.78 is 6.75. The number of benzene rings is 1. The zero-order chi connectivity index (χ0) is 13.8. The number of carbonyl (C=O) groups is 1. The molecule has 19 heavy (non-hydrogen) atoms. The van der Waals surface area contributed by atoms with Crippen LogP contribution in [0.2, 0.25) is 0 Å². The van der Waals surface area contributed by atoms with Crippen LogP contribution in [-0.2, 0) is 0 Å². The Kier molecular flexibility index (Phi) is 3.82. The first kappa shape index (κ1) is 13.1. The lowest BCUT2D eigenvalue weighted by molar-refractivity contribution is 0.1000. The number of rotatable bonds is 5. The normalized spacial score (nSPS) is 12.1. The SMILES string of the molecule is COc1ccc(C(CN)n2cc(C(N)=O)cn2)cc1. The number of carbonyl (C=O) groups excluding carboxylic acids is 1. The van der Waals surface area contributed by atoms with Gasteiger partial charge in [-0.05, 0) is 17.7 Å². The Balaban J connectivity index is 2.29. The van der Waals surface area contributed by atoms with E-state index < -0.39 is 5.91 Å². The van der Waals surface area contributed by atoms with E-state index in [0.29, 0.717) is 12.1 Å². The first-order valence-corrected chi connectivity index (χ1v) is 5.83. The standard InChI is InChI=1S/C13H16N4O2/c1-19-11-4-2-9(3-5-11)12(6-14)17-8-10(7-16-17)13(15)18/h2-5,7-8,12H,6,14H2,1H3,(H2,15,18). The summed E-state index contributed by atoms with van der Waals surface area (Å²) >= 11 is 0. The topological polar surface area (TPSA) is 96.2 Å². The van der Waals surface area contributed by atoms with Crippen LogP contribution in [0.3, 0.4) is 0 Å². The van der Waals surface area contributed by atoms with Gasteiger partial charge in [-0.25, -0.2) is 0 Å². The quantitative estimate of drug-likeness (QED) is 0.820. The zero-order valence-electron chi connectivity index (χ0n) is 10.6. The molecule has 2 aromatic rings. The van der Waals surface area contributed by atoms with Gasteiger partial charge in [0.25, 0.3) is 5.91 Å². The average molecular weight is 260 g/mol. The summed E-state index contributed by atoms with van der Waals surface area (Å²) in [5.74, 6) is 0.273. The molecule has 0 spiro atoms. The van der Waals surface area contributed by atoms with Gasteiger partial charge in [0.05, 0.1) is 24.9 Å². The smallest absolute Gasteiger partial charge is 0.251 e. The van der Waals surface area contributed by atoms with Crippen molar-refractivity contribution >= 4 is 5.91 Å². The second-order valence-electron chi connectivity index (χ2n) is 4.10. The molecule has 0 bridgehead atoms. The maximum Gasteiger partial charge on any atom is 0.251 e. The van der Waals surface area contributed by atoms with Gasteiger partial charge in [-0.2, -0.15) is 5.10 Å². The number of nitrogens with zero attached hydrogens (tertiary/aromatic N) is 2. The third-order valence-electron chi connectivity index (χ3n) is 2.93. The number of hydrogen-bond acceptors (Lipinski definition) is 4. The minimum absolute atomic E-state index is 0.140. The van der Waals surface area contributed by atoms with Crippen LogP contribution in [0.4, 0.5) is 0 Å². The number of hydrogen-bond donors (Lipinski definition) is 2. The van der Waals surface area contributed by atoms with Crippen molar-refractivity contribution in [1.29, 1.82) is 0 Å². The lowest BCUT2D eigenvalue weighted by atomic mass is 10.1. The van der Waals surface area contributed by atoms with Gasteiger partial charge in [-0.15, -0.1) is 0 Å². The Labute approximate surface area is 111 Å². The molecule has 1 atom stereocenters. The summed E-state index contributed by atoms with van der Waals surface area (Å²) in [6.07, 6.45) is 3.04. The first-order valence-electron chi connectivity index (χ1n) is 5.83. The van der Waals surface area contributed by atoms with Gasteiger partial charge in [0.1, 0.15) is 5.75 Å². The summed E-state index contributed by atoms with van der Waals surface area (Å²) in [6.45, 7) is 0.367. The van der Waals surface area contributed by atoms with E-state index in [2.05, 4.69) is 5.10 Å². The minimum Gasteiger partial charge on any atom is -0.497 e. The molecule has 0 radical (unpaired) electrons. The van der Waals surface area contributed by atoms with Crippen molar-refractivity contribution in [2.45, 2.75) is 6.04 Å². The van der Waals surface area contributed by atoms with Gasteiger partial charge in [0, 0.05) is 12.7 Å². The molecule has 100 valence electrons. The Morgan fingerprint density at radius 1 is 1.42 bits per heavy atom. The third kappa shape index (κ3) is 2.74. The molecular formula is C13H16N4O2. The van der Waals surface area contributed by atoms with Crippen molar-refractivity contribution < 1.29 is 9.53 Å². The van der Waals surface area contributed by atoms with E-state index in [1.165, 1.54) is 6.20 Å². The number of ether oxygens (including phenoxy) is 1. The number of aromatic nitrogens is 2. The van der Waals surface area contributed by atoms with Gasteiger partial charge in [0.15, 0.2) is 0 Å². The second kappa shape index (κ2) is 5.53. The van der Waals surface area contributed by atoms with Gasteiger partial charge in [-0.3, -0.25) is 9.48 Å². The number of methoxy groups -OCH3 is 1. The second-order valence-corrected chi connectivity index (χ2v) is 4.10. The summed E-state index contributed by atoms with van der Waals surface area (Å²) in [7, 11) is 1.61. The maximum absolute atomic E-state index is 11.1. The van der Waals surface area contributed by atoms with E-state index >= 15 is 0 Å². The van der Waals surface area contributed by atoms with Crippen LogP contribution in [0.1, 0.15) is 22.0 Å². The zero-order valence-corrected chi connectivity index (χ0v) is 10.6. The molecule has 0 aliphatic heterocycles. The summed E-state index contributed by atoms with van der Waals surface area (Å²) in [5.41, 5.74) is 12.3. The fraction of sp³-hybridized carbons (Fsp3) is 0.231. The Hall–Kier alpha value is -2.34. The van der Waals surface area contributed by atoms with E-state index in [1.54, 1.807) is 18.0 Å². The van der Waals surface area contributed by atoms with Gasteiger partial charge < -0.3 is 16.2 Å². The number of amides is 1. The molecule has 1 heterocycles. The van der Waals surface area contributed by atoms with Crippen LogP contribution < -0.4 is 16.2 Å². The van der Waals surface area contributed by atoms with Crippen LogP contribution >= 0.6 is 0 Å². The highest BCUT2D eigenvalue weighted by molar-refractivity contribution is 5.92. The Morgan fingerprint density at radius 2 is 2.11 bits per heavy atom. The van der Waals surface area contributed by atoms with Crippen LogP contribution in [-0.4, -0.2) is 29.3 Å². The van der Waals surface area contributed by atoms with Crippen molar-refractivity contribution in [3.8, 4) is 5.75 Å². The van der Waals surface area contributed by atoms with E-state index in [9.17, 15) is 4.79 Å². The van der Waals surface area contributed by atoms with E-state index in [1.807, 2.05) is 24.3 Å². The van der Waals surface area contributed by atoms with Crippen molar-refractivity contribution in [1.82, 2.24) is 9.78 Å². The monoisotopic (exact) mass is 260 g/mol. The summed E-state index contributed by atoms with van der Waals surface area (Å²) in [5, 5.41) is 4.13. The molecule has 1 aromatic carbocycles. The predicted molar refractivity (Wildman–Crippen MR) is 70.9 cm³/mol. The first-order chi connectivity index (χ1) is 9.15. The highest BCUT2D eigenvalue weighted by Crippen LogP contribution is 2.20. The molecular weight excluding hydrogens is 244 g/mol. The van der Waals surface area contributed by atoms with Crippen LogP contribution in [0.15, 0.2) is 36.7 Å². The molecule has 2 rings (SSSR count). The van der Waals surface area contributed by atoms with Crippen LogP contribution in [0.5, 0.6) is 5.75 Å². The molecule has 1 unspecified atom stereocenters. The molecule has 6 nitrogen and oxygen atoms in total. The molecule has 6 heteroatoms. The van der Waals surface area contributed by atoms with Crippen molar-refractivity contribution in [2.24, 2.45) is 11.5 Å². The third-order valence-corrected chi connectivity index (χ3v) is 2.93. The summed E-state index contributed by atoms with van der Waals surface area (Å²) in [6, 6.07) is 7.41. The van der Waals surface area contributed by atoms with Crippen molar-refractivity contribution in [3.05, 3.63) is 47.8 Å². The largest absolute Gasteiger partial charge is 0.497 e. The average Bonchev–Trinajstić information content (AvgIpc) is 2.90. The molecule has 0 aliphatic rings.